The van der Waals surface area contributed by atoms with Gasteiger partial charge in [-0.1, -0.05) is 12.1 Å². The standard InChI is InChI=1S/C17H25N5/c1-3-22-19-13-16(20-22)12-18-14(2)15-7-6-8-17(11-15)21-9-4-5-10-21/h6-8,11,13-14,18H,3-5,9-10,12H2,1-2H3. The monoisotopic (exact) mass is 299 g/mol. The van der Waals surface area contributed by atoms with Crippen molar-refractivity contribution in [3.63, 3.8) is 0 Å². The van der Waals surface area contributed by atoms with Crippen LogP contribution >= 0.6 is 0 Å². The SMILES string of the molecule is CCn1ncc(CNC(C)c2cccc(N3CCCC3)c2)n1. The Hall–Kier alpha value is -1.88. The van der Waals surface area contributed by atoms with Crippen molar-refractivity contribution < 1.29 is 0 Å². The molecule has 5 heteroatoms. The molecule has 0 amide bonds. The van der Waals surface area contributed by atoms with Crippen molar-refractivity contribution >= 4 is 5.69 Å². The predicted octanol–water partition coefficient (Wildman–Crippen LogP) is 2.75. The summed E-state index contributed by atoms with van der Waals surface area (Å²) in [5.41, 5.74) is 3.66. The molecule has 1 N–H and O–H groups in total. The summed E-state index contributed by atoms with van der Waals surface area (Å²) in [5, 5.41) is 12.2. The Labute approximate surface area is 132 Å². The van der Waals surface area contributed by atoms with Gasteiger partial charge in [-0.25, -0.2) is 0 Å². The topological polar surface area (TPSA) is 46.0 Å². The molecular weight excluding hydrogens is 274 g/mol. The van der Waals surface area contributed by atoms with Gasteiger partial charge in [0, 0.05) is 31.4 Å². The molecular formula is C17H25N5. The highest BCUT2D eigenvalue weighted by Gasteiger charge is 2.14. The van der Waals surface area contributed by atoms with Gasteiger partial charge in [-0.2, -0.15) is 15.0 Å². The van der Waals surface area contributed by atoms with Gasteiger partial charge in [-0.05, 0) is 44.4 Å². The van der Waals surface area contributed by atoms with E-state index in [1.165, 1.54) is 37.2 Å². The molecule has 0 saturated carbocycles. The second-order valence-electron chi connectivity index (χ2n) is 5.92. The molecule has 1 aromatic heterocycles. The molecule has 3 rings (SSSR count). The molecule has 118 valence electrons. The van der Waals surface area contributed by atoms with Crippen LogP contribution in [0.4, 0.5) is 5.69 Å². The minimum atomic E-state index is 0.300. The Balaban J connectivity index is 1.61. The summed E-state index contributed by atoms with van der Waals surface area (Å²) in [5.74, 6) is 0. The molecule has 1 saturated heterocycles. The van der Waals surface area contributed by atoms with Crippen molar-refractivity contribution in [2.75, 3.05) is 18.0 Å². The van der Waals surface area contributed by atoms with Crippen molar-refractivity contribution in [1.82, 2.24) is 20.3 Å². The third-order valence-corrected chi connectivity index (χ3v) is 4.30. The molecule has 1 unspecified atom stereocenters. The zero-order valence-corrected chi connectivity index (χ0v) is 13.5. The van der Waals surface area contributed by atoms with Crippen LogP contribution in [-0.2, 0) is 13.1 Å². The van der Waals surface area contributed by atoms with Gasteiger partial charge in [-0.15, -0.1) is 0 Å². The molecule has 1 atom stereocenters. The van der Waals surface area contributed by atoms with Crippen LogP contribution in [-0.4, -0.2) is 28.1 Å². The zero-order chi connectivity index (χ0) is 15.4. The maximum absolute atomic E-state index is 4.41. The second kappa shape index (κ2) is 6.92. The predicted molar refractivity (Wildman–Crippen MR) is 88.8 cm³/mol. The lowest BCUT2D eigenvalue weighted by atomic mass is 10.1. The highest BCUT2D eigenvalue weighted by atomic mass is 15.5. The van der Waals surface area contributed by atoms with Crippen molar-refractivity contribution in [2.24, 2.45) is 0 Å². The van der Waals surface area contributed by atoms with E-state index >= 15 is 0 Å². The van der Waals surface area contributed by atoms with Gasteiger partial charge >= 0.3 is 0 Å². The van der Waals surface area contributed by atoms with E-state index in [4.69, 9.17) is 0 Å². The Morgan fingerprint density at radius 1 is 1.27 bits per heavy atom. The number of hydrogen-bond donors (Lipinski definition) is 1. The number of anilines is 1. The van der Waals surface area contributed by atoms with Crippen LogP contribution in [0.15, 0.2) is 30.5 Å². The fourth-order valence-corrected chi connectivity index (χ4v) is 2.91. The van der Waals surface area contributed by atoms with E-state index in [0.29, 0.717) is 6.04 Å². The molecule has 1 aliphatic heterocycles. The highest BCUT2D eigenvalue weighted by molar-refractivity contribution is 5.49. The molecule has 1 fully saturated rings. The number of aryl methyl sites for hydroxylation is 1. The van der Waals surface area contributed by atoms with Gasteiger partial charge < -0.3 is 10.2 Å². The van der Waals surface area contributed by atoms with Crippen molar-refractivity contribution in [2.45, 2.75) is 45.8 Å². The fraction of sp³-hybridized carbons (Fsp3) is 0.529. The second-order valence-corrected chi connectivity index (χ2v) is 5.92. The molecule has 0 spiro atoms. The van der Waals surface area contributed by atoms with Crippen LogP contribution < -0.4 is 10.2 Å². The number of aromatic nitrogens is 3. The minimum absolute atomic E-state index is 0.300. The number of benzene rings is 1. The molecule has 1 aliphatic rings. The molecule has 0 bridgehead atoms. The lowest BCUT2D eigenvalue weighted by Gasteiger charge is -2.20. The Morgan fingerprint density at radius 3 is 2.82 bits per heavy atom. The Kier molecular flexibility index (Phi) is 4.73. The van der Waals surface area contributed by atoms with Gasteiger partial charge in [0.2, 0.25) is 0 Å². The van der Waals surface area contributed by atoms with E-state index in [-0.39, 0.29) is 0 Å². The lowest BCUT2D eigenvalue weighted by molar-refractivity contribution is 0.538. The molecule has 2 heterocycles. The highest BCUT2D eigenvalue weighted by Crippen LogP contribution is 2.24. The van der Waals surface area contributed by atoms with E-state index in [9.17, 15) is 0 Å². The molecule has 0 radical (unpaired) electrons. The zero-order valence-electron chi connectivity index (χ0n) is 13.5. The third kappa shape index (κ3) is 3.47. The number of nitrogens with one attached hydrogen (secondary N) is 1. The van der Waals surface area contributed by atoms with Gasteiger partial charge in [-0.3, -0.25) is 0 Å². The summed E-state index contributed by atoms with van der Waals surface area (Å²) >= 11 is 0. The van der Waals surface area contributed by atoms with E-state index in [0.717, 1.165) is 18.8 Å². The van der Waals surface area contributed by atoms with Crippen molar-refractivity contribution in [3.05, 3.63) is 41.7 Å². The van der Waals surface area contributed by atoms with E-state index < -0.39 is 0 Å². The van der Waals surface area contributed by atoms with E-state index in [2.05, 4.69) is 51.6 Å². The lowest BCUT2D eigenvalue weighted by Crippen LogP contribution is -2.20. The molecule has 22 heavy (non-hydrogen) atoms. The number of rotatable bonds is 6. The third-order valence-electron chi connectivity index (χ3n) is 4.30. The van der Waals surface area contributed by atoms with Crippen LogP contribution in [0.25, 0.3) is 0 Å². The quantitative estimate of drug-likeness (QED) is 0.891. The van der Waals surface area contributed by atoms with Crippen LogP contribution in [0.1, 0.15) is 44.0 Å². The minimum Gasteiger partial charge on any atom is -0.372 e. The smallest absolute Gasteiger partial charge is 0.0965 e. The first kappa shape index (κ1) is 15.0. The summed E-state index contributed by atoms with van der Waals surface area (Å²) in [4.78, 5) is 4.19. The van der Waals surface area contributed by atoms with Crippen LogP contribution in [0, 0.1) is 0 Å². The Bertz CT molecular complexity index is 601. The molecule has 1 aromatic carbocycles. The Morgan fingerprint density at radius 2 is 2.09 bits per heavy atom. The van der Waals surface area contributed by atoms with Crippen LogP contribution in [0.5, 0.6) is 0 Å². The normalized spacial score (nSPS) is 16.2. The van der Waals surface area contributed by atoms with Gasteiger partial charge in [0.25, 0.3) is 0 Å². The van der Waals surface area contributed by atoms with Crippen LogP contribution in [0.3, 0.4) is 0 Å². The van der Waals surface area contributed by atoms with Gasteiger partial charge in [0.1, 0.15) is 0 Å². The molecule has 2 aromatic rings. The molecule has 5 nitrogen and oxygen atoms in total. The van der Waals surface area contributed by atoms with Gasteiger partial charge in [0.15, 0.2) is 0 Å². The molecule has 0 aliphatic carbocycles. The first-order chi connectivity index (χ1) is 10.8. The summed E-state index contributed by atoms with van der Waals surface area (Å²) in [7, 11) is 0. The first-order valence-electron chi connectivity index (χ1n) is 8.23. The number of hydrogen-bond acceptors (Lipinski definition) is 4. The average Bonchev–Trinajstić information content (AvgIpc) is 3.24. The van der Waals surface area contributed by atoms with Crippen LogP contribution in [0.2, 0.25) is 0 Å². The van der Waals surface area contributed by atoms with Crippen molar-refractivity contribution in [1.29, 1.82) is 0 Å². The summed E-state index contributed by atoms with van der Waals surface area (Å²) in [6.45, 7) is 8.18. The summed E-state index contributed by atoms with van der Waals surface area (Å²) in [6, 6.07) is 9.18. The average molecular weight is 299 g/mol. The first-order valence-corrected chi connectivity index (χ1v) is 8.23. The number of nitrogens with zero attached hydrogens (tertiary/aromatic N) is 4. The maximum atomic E-state index is 4.41. The summed E-state index contributed by atoms with van der Waals surface area (Å²) in [6.07, 6.45) is 4.46. The van der Waals surface area contributed by atoms with Gasteiger partial charge in [0.05, 0.1) is 18.4 Å². The van der Waals surface area contributed by atoms with E-state index in [1.54, 1.807) is 4.80 Å². The maximum Gasteiger partial charge on any atom is 0.0965 e. The van der Waals surface area contributed by atoms with Crippen molar-refractivity contribution in [3.8, 4) is 0 Å². The largest absolute Gasteiger partial charge is 0.372 e. The van der Waals surface area contributed by atoms with E-state index in [1.807, 2.05) is 13.1 Å². The summed E-state index contributed by atoms with van der Waals surface area (Å²) < 4.78 is 0. The fourth-order valence-electron chi connectivity index (χ4n) is 2.91.